The second kappa shape index (κ2) is 7.04. The summed E-state index contributed by atoms with van der Waals surface area (Å²) in [5.74, 6) is -0.120. The summed E-state index contributed by atoms with van der Waals surface area (Å²) in [6.07, 6.45) is 0.824. The fourth-order valence-corrected chi connectivity index (χ4v) is 2.23. The fourth-order valence-electron chi connectivity index (χ4n) is 2.23. The third kappa shape index (κ3) is 3.70. The highest BCUT2D eigenvalue weighted by Gasteiger charge is 2.14. The first-order chi connectivity index (χ1) is 10.2. The average molecular weight is 286 g/mol. The zero-order valence-electron chi connectivity index (χ0n) is 12.8. The predicted molar refractivity (Wildman–Crippen MR) is 84.4 cm³/mol. The van der Waals surface area contributed by atoms with Crippen molar-refractivity contribution in [3.63, 3.8) is 0 Å². The number of anilines is 1. The molecule has 1 aromatic carbocycles. The van der Waals surface area contributed by atoms with Crippen molar-refractivity contribution in [3.05, 3.63) is 47.3 Å². The third-order valence-electron chi connectivity index (χ3n) is 3.29. The van der Waals surface area contributed by atoms with Crippen LogP contribution in [-0.4, -0.2) is 22.7 Å². The lowest BCUT2D eigenvalue weighted by molar-refractivity contribution is 0.101. The largest absolute Gasteiger partial charge is 0.321 e. The summed E-state index contributed by atoms with van der Waals surface area (Å²) in [5, 5.41) is 10.4. The second-order valence-electron chi connectivity index (χ2n) is 4.88. The minimum absolute atomic E-state index is 0.120. The van der Waals surface area contributed by atoms with Crippen molar-refractivity contribution >= 4 is 11.6 Å². The molecule has 1 aromatic heterocycles. The van der Waals surface area contributed by atoms with E-state index >= 15 is 0 Å². The first-order valence-electron chi connectivity index (χ1n) is 7.29. The van der Waals surface area contributed by atoms with Gasteiger partial charge in [0.25, 0.3) is 5.91 Å². The van der Waals surface area contributed by atoms with Gasteiger partial charge in [-0.25, -0.2) is 0 Å². The van der Waals surface area contributed by atoms with Crippen molar-refractivity contribution in [2.75, 3.05) is 12.4 Å². The van der Waals surface area contributed by atoms with Gasteiger partial charge in [0.15, 0.2) is 0 Å². The Bertz CT molecular complexity index is 618. The zero-order valence-corrected chi connectivity index (χ0v) is 12.8. The van der Waals surface area contributed by atoms with E-state index in [9.17, 15) is 4.79 Å². The summed E-state index contributed by atoms with van der Waals surface area (Å²) in [7, 11) is 1.90. The lowest BCUT2D eigenvalue weighted by Crippen LogP contribution is -2.17. The van der Waals surface area contributed by atoms with Crippen LogP contribution >= 0.6 is 0 Å². The smallest absolute Gasteiger partial charge is 0.273 e. The highest BCUT2D eigenvalue weighted by Crippen LogP contribution is 2.13. The van der Waals surface area contributed by atoms with Gasteiger partial charge in [-0.15, -0.1) is 0 Å². The molecule has 112 valence electrons. The summed E-state index contributed by atoms with van der Waals surface area (Å²) in [6, 6.07) is 9.69. The summed E-state index contributed by atoms with van der Waals surface area (Å²) < 4.78 is 1.74. The highest BCUT2D eigenvalue weighted by atomic mass is 16.2. The predicted octanol–water partition coefficient (Wildman–Crippen LogP) is 2.44. The number of carbonyl (C=O) groups excluding carboxylic acids is 1. The van der Waals surface area contributed by atoms with Crippen LogP contribution in [0.3, 0.4) is 0 Å². The monoisotopic (exact) mass is 286 g/mol. The maximum absolute atomic E-state index is 12.4. The van der Waals surface area contributed by atoms with E-state index in [-0.39, 0.29) is 5.91 Å². The van der Waals surface area contributed by atoms with Gasteiger partial charge in [0.2, 0.25) is 0 Å². The van der Waals surface area contributed by atoms with E-state index in [0.717, 1.165) is 29.9 Å². The number of nitrogens with one attached hydrogen (secondary N) is 2. The first-order valence-corrected chi connectivity index (χ1v) is 7.29. The minimum Gasteiger partial charge on any atom is -0.321 e. The van der Waals surface area contributed by atoms with E-state index in [4.69, 9.17) is 0 Å². The Kier molecular flexibility index (Phi) is 5.11. The third-order valence-corrected chi connectivity index (χ3v) is 3.29. The fraction of sp³-hybridized carbons (Fsp3) is 0.375. The molecule has 0 radical (unpaired) electrons. The topological polar surface area (TPSA) is 59.0 Å². The molecule has 0 aliphatic heterocycles. The SMILES string of the molecule is CCc1cc(C(=O)Nc2cccc(CNC)c2)n(CC)n1. The molecule has 2 aromatic rings. The Morgan fingerprint density at radius 3 is 2.76 bits per heavy atom. The molecule has 5 heteroatoms. The normalized spacial score (nSPS) is 10.6. The summed E-state index contributed by atoms with van der Waals surface area (Å²) in [5.41, 5.74) is 3.47. The molecule has 1 amide bonds. The molecule has 0 saturated carbocycles. The molecule has 2 N–H and O–H groups in total. The van der Waals surface area contributed by atoms with Gasteiger partial charge in [-0.1, -0.05) is 19.1 Å². The van der Waals surface area contributed by atoms with Gasteiger partial charge in [0, 0.05) is 18.8 Å². The lowest BCUT2D eigenvalue weighted by atomic mass is 10.2. The molecular weight excluding hydrogens is 264 g/mol. The first kappa shape index (κ1) is 15.3. The number of benzene rings is 1. The summed E-state index contributed by atoms with van der Waals surface area (Å²) in [4.78, 5) is 12.4. The summed E-state index contributed by atoms with van der Waals surface area (Å²) >= 11 is 0. The number of hydrogen-bond acceptors (Lipinski definition) is 3. The molecule has 0 atom stereocenters. The quantitative estimate of drug-likeness (QED) is 0.857. The highest BCUT2D eigenvalue weighted by molar-refractivity contribution is 6.03. The number of aryl methyl sites for hydroxylation is 2. The number of rotatable bonds is 6. The van der Waals surface area contributed by atoms with Crippen LogP contribution in [0, 0.1) is 0 Å². The van der Waals surface area contributed by atoms with E-state index in [0.29, 0.717) is 12.2 Å². The van der Waals surface area contributed by atoms with E-state index < -0.39 is 0 Å². The van der Waals surface area contributed by atoms with Crippen LogP contribution in [0.15, 0.2) is 30.3 Å². The number of nitrogens with zero attached hydrogens (tertiary/aromatic N) is 2. The van der Waals surface area contributed by atoms with Crippen LogP contribution in [0.2, 0.25) is 0 Å². The molecule has 1 heterocycles. The van der Waals surface area contributed by atoms with Crippen molar-refractivity contribution in [1.82, 2.24) is 15.1 Å². The molecule has 21 heavy (non-hydrogen) atoms. The van der Waals surface area contributed by atoms with Crippen molar-refractivity contribution in [1.29, 1.82) is 0 Å². The molecule has 0 bridgehead atoms. The van der Waals surface area contributed by atoms with Gasteiger partial charge in [-0.2, -0.15) is 5.10 Å². The van der Waals surface area contributed by atoms with Crippen LogP contribution in [0.4, 0.5) is 5.69 Å². The molecular formula is C16H22N4O. The van der Waals surface area contributed by atoms with E-state index in [1.807, 2.05) is 51.2 Å². The standard InChI is InChI=1S/C16H22N4O/c1-4-13-10-15(20(5-2)19-13)16(21)18-14-8-6-7-12(9-14)11-17-3/h6-10,17H,4-5,11H2,1-3H3,(H,18,21). The van der Waals surface area contributed by atoms with Gasteiger partial charge in [-0.05, 0) is 44.2 Å². The van der Waals surface area contributed by atoms with Crippen LogP contribution < -0.4 is 10.6 Å². The average Bonchev–Trinajstić information content (AvgIpc) is 2.91. The van der Waals surface area contributed by atoms with E-state index in [2.05, 4.69) is 15.7 Å². The van der Waals surface area contributed by atoms with Crippen LogP contribution in [0.5, 0.6) is 0 Å². The number of aromatic nitrogens is 2. The van der Waals surface area contributed by atoms with Gasteiger partial charge in [-0.3, -0.25) is 9.48 Å². The number of hydrogen-bond donors (Lipinski definition) is 2. The summed E-state index contributed by atoms with van der Waals surface area (Å²) in [6.45, 7) is 5.47. The van der Waals surface area contributed by atoms with Crippen molar-refractivity contribution in [3.8, 4) is 0 Å². The maximum Gasteiger partial charge on any atom is 0.273 e. The number of amides is 1. The molecule has 5 nitrogen and oxygen atoms in total. The Labute approximate surface area is 125 Å². The number of carbonyl (C=O) groups is 1. The maximum atomic E-state index is 12.4. The molecule has 0 unspecified atom stereocenters. The molecule has 0 aliphatic rings. The van der Waals surface area contributed by atoms with Crippen LogP contribution in [-0.2, 0) is 19.5 Å². The Morgan fingerprint density at radius 1 is 1.29 bits per heavy atom. The molecule has 2 rings (SSSR count). The van der Waals surface area contributed by atoms with Crippen LogP contribution in [0.1, 0.15) is 35.6 Å². The van der Waals surface area contributed by atoms with Crippen LogP contribution in [0.25, 0.3) is 0 Å². The minimum atomic E-state index is -0.120. The molecule has 0 spiro atoms. The second-order valence-corrected chi connectivity index (χ2v) is 4.88. The van der Waals surface area contributed by atoms with Gasteiger partial charge in [0.1, 0.15) is 5.69 Å². The molecule has 0 fully saturated rings. The van der Waals surface area contributed by atoms with Crippen molar-refractivity contribution in [2.24, 2.45) is 0 Å². The zero-order chi connectivity index (χ0) is 15.2. The van der Waals surface area contributed by atoms with Crippen molar-refractivity contribution < 1.29 is 4.79 Å². The van der Waals surface area contributed by atoms with E-state index in [1.165, 1.54) is 0 Å². The Hall–Kier alpha value is -2.14. The van der Waals surface area contributed by atoms with Crippen molar-refractivity contribution in [2.45, 2.75) is 33.4 Å². The van der Waals surface area contributed by atoms with Gasteiger partial charge >= 0.3 is 0 Å². The lowest BCUT2D eigenvalue weighted by Gasteiger charge is -2.08. The van der Waals surface area contributed by atoms with Gasteiger partial charge < -0.3 is 10.6 Å². The Balaban J connectivity index is 2.17. The van der Waals surface area contributed by atoms with Gasteiger partial charge in [0.05, 0.1) is 5.69 Å². The Morgan fingerprint density at radius 2 is 2.10 bits per heavy atom. The van der Waals surface area contributed by atoms with E-state index in [1.54, 1.807) is 4.68 Å². The molecule has 0 aliphatic carbocycles. The molecule has 0 saturated heterocycles.